The SMILES string of the molecule is CNCC(=O)OS(=O)(=O)c1ccc2c(Cl)cnc(N=C(N)N)c2c1.O=C(O)C(F)(F)F.O=C(O)C(F)(F)F. The Hall–Kier alpha value is -3.91. The van der Waals surface area contributed by atoms with E-state index in [-0.39, 0.29) is 28.2 Å². The van der Waals surface area contributed by atoms with Crippen LogP contribution < -0.4 is 16.8 Å². The third-order valence-electron chi connectivity index (χ3n) is 3.32. The number of fused-ring (bicyclic) bond motifs is 1. The lowest BCUT2D eigenvalue weighted by atomic mass is 10.1. The number of nitrogens with one attached hydrogen (secondary N) is 1. The Morgan fingerprint density at radius 2 is 1.53 bits per heavy atom. The van der Waals surface area contributed by atoms with Gasteiger partial charge in [-0.25, -0.2) is 19.4 Å². The van der Waals surface area contributed by atoms with Crippen LogP contribution in [0, 0.1) is 0 Å². The molecule has 0 aliphatic carbocycles. The van der Waals surface area contributed by atoms with E-state index in [0.717, 1.165) is 0 Å². The molecule has 1 aromatic carbocycles. The van der Waals surface area contributed by atoms with Gasteiger partial charge >= 0.3 is 40.4 Å². The first kappa shape index (κ1) is 34.1. The lowest BCUT2D eigenvalue weighted by Crippen LogP contribution is -2.23. The molecule has 1 heterocycles. The van der Waals surface area contributed by atoms with E-state index < -0.39 is 40.4 Å². The number of carboxylic acids is 2. The van der Waals surface area contributed by atoms with Crippen LogP contribution in [0.2, 0.25) is 5.02 Å². The molecule has 0 saturated carbocycles. The summed E-state index contributed by atoms with van der Waals surface area (Å²) >= 11 is 6.04. The highest BCUT2D eigenvalue weighted by Gasteiger charge is 2.38. The maximum Gasteiger partial charge on any atom is 0.490 e. The highest BCUT2D eigenvalue weighted by molar-refractivity contribution is 7.87. The number of carbonyl (C=O) groups excluding carboxylic acids is 1. The molecule has 7 N–H and O–H groups in total. The molecule has 0 saturated heterocycles. The lowest BCUT2D eigenvalue weighted by Gasteiger charge is -2.08. The Kier molecular flexibility index (Phi) is 12.2. The van der Waals surface area contributed by atoms with Crippen molar-refractivity contribution in [3.63, 3.8) is 0 Å². The van der Waals surface area contributed by atoms with Gasteiger partial charge in [0.15, 0.2) is 11.8 Å². The second-order valence-corrected chi connectivity index (χ2v) is 8.17. The Labute approximate surface area is 213 Å². The molecule has 2 rings (SSSR count). The van der Waals surface area contributed by atoms with E-state index in [2.05, 4.69) is 19.5 Å². The number of hydrogen-bond acceptors (Lipinski definition) is 9. The first-order valence-electron chi connectivity index (χ1n) is 9.03. The molecule has 13 nitrogen and oxygen atoms in total. The quantitative estimate of drug-likeness (QED) is 0.143. The van der Waals surface area contributed by atoms with E-state index in [1.54, 1.807) is 0 Å². The number of nitrogens with two attached hydrogens (primary N) is 2. The van der Waals surface area contributed by atoms with E-state index in [1.807, 2.05) is 0 Å². The minimum Gasteiger partial charge on any atom is -0.475 e. The fourth-order valence-electron chi connectivity index (χ4n) is 1.88. The van der Waals surface area contributed by atoms with Crippen LogP contribution in [0.3, 0.4) is 0 Å². The monoisotopic (exact) mass is 599 g/mol. The van der Waals surface area contributed by atoms with Gasteiger partial charge in [-0.3, -0.25) is 0 Å². The van der Waals surface area contributed by atoms with Crippen LogP contribution in [-0.4, -0.2) is 73.4 Å². The topological polar surface area (TPSA) is 224 Å². The lowest BCUT2D eigenvalue weighted by molar-refractivity contribution is -0.193. The number of alkyl halides is 6. The van der Waals surface area contributed by atoms with Crippen LogP contribution in [-0.2, 0) is 28.7 Å². The van der Waals surface area contributed by atoms with Crippen LogP contribution in [0.5, 0.6) is 0 Å². The Morgan fingerprint density at radius 1 is 1.05 bits per heavy atom. The van der Waals surface area contributed by atoms with Gasteiger partial charge in [0.25, 0.3) is 0 Å². The third kappa shape index (κ3) is 11.4. The number of aromatic nitrogens is 1. The number of aliphatic imine (C=N–C) groups is 1. The number of rotatable bonds is 5. The largest absolute Gasteiger partial charge is 0.490 e. The standard InChI is InChI=1S/C13H14ClN5O4S.2C2HF3O2/c1-17-6-11(20)23-24(21,22)7-2-3-8-9(4-7)12(19-13(15)16)18-5-10(8)14;2*3-2(4,5)1(6)7/h2-5,17H,6H2,1H3,(H4,15,16,18,19);2*(H,6,7). The average molecular weight is 600 g/mol. The van der Waals surface area contributed by atoms with E-state index in [0.29, 0.717) is 10.8 Å². The van der Waals surface area contributed by atoms with Crippen LogP contribution in [0.15, 0.2) is 34.3 Å². The smallest absolute Gasteiger partial charge is 0.475 e. The van der Waals surface area contributed by atoms with E-state index in [9.17, 15) is 39.6 Å². The molecule has 0 atom stereocenters. The van der Waals surface area contributed by atoms with E-state index in [1.165, 1.54) is 31.4 Å². The molecule has 0 unspecified atom stereocenters. The van der Waals surface area contributed by atoms with Gasteiger partial charge in [0.05, 0.1) is 11.6 Å². The van der Waals surface area contributed by atoms with Crippen molar-refractivity contribution in [2.75, 3.05) is 13.6 Å². The zero-order chi connectivity index (χ0) is 30.1. The van der Waals surface area contributed by atoms with Gasteiger partial charge in [-0.2, -0.15) is 39.8 Å². The number of likely N-dealkylation sites (N-methyl/N-ethyl adjacent to an activating group) is 1. The summed E-state index contributed by atoms with van der Waals surface area (Å²) in [5.74, 6) is -6.61. The van der Waals surface area contributed by atoms with Crippen molar-refractivity contribution in [3.8, 4) is 0 Å². The summed E-state index contributed by atoms with van der Waals surface area (Å²) in [4.78, 5) is 36.7. The van der Waals surface area contributed by atoms with Crippen molar-refractivity contribution >= 4 is 62.2 Å². The molecule has 1 aromatic heterocycles. The summed E-state index contributed by atoms with van der Waals surface area (Å²) in [5, 5.41) is 17.8. The summed E-state index contributed by atoms with van der Waals surface area (Å²) in [6.07, 6.45) is -8.83. The molecule has 21 heteroatoms. The van der Waals surface area contributed by atoms with Gasteiger partial charge in [-0.05, 0) is 19.2 Å². The summed E-state index contributed by atoms with van der Waals surface area (Å²) in [7, 11) is -2.82. The molecule has 0 spiro atoms. The van der Waals surface area contributed by atoms with Crippen molar-refractivity contribution in [2.45, 2.75) is 17.2 Å². The number of carbonyl (C=O) groups is 3. The number of nitrogens with zero attached hydrogens (tertiary/aromatic N) is 2. The van der Waals surface area contributed by atoms with Gasteiger partial charge in [-0.15, -0.1) is 0 Å². The molecule has 38 heavy (non-hydrogen) atoms. The van der Waals surface area contributed by atoms with E-state index in [4.69, 9.17) is 42.9 Å². The Bertz CT molecular complexity index is 1290. The van der Waals surface area contributed by atoms with Gasteiger partial charge in [0.1, 0.15) is 4.90 Å². The number of guanidine groups is 1. The van der Waals surface area contributed by atoms with Gasteiger partial charge in [-0.1, -0.05) is 17.7 Å². The van der Waals surface area contributed by atoms with Gasteiger partial charge in [0, 0.05) is 17.0 Å². The molecule has 0 fully saturated rings. The molecule has 0 bridgehead atoms. The van der Waals surface area contributed by atoms with Crippen molar-refractivity contribution < 1.29 is 63.5 Å². The third-order valence-corrected chi connectivity index (χ3v) is 4.86. The average Bonchev–Trinajstić information content (AvgIpc) is 2.74. The Morgan fingerprint density at radius 3 is 1.92 bits per heavy atom. The number of halogens is 7. The van der Waals surface area contributed by atoms with Crippen LogP contribution >= 0.6 is 11.6 Å². The summed E-state index contributed by atoms with van der Waals surface area (Å²) in [6.45, 7) is -0.251. The van der Waals surface area contributed by atoms with Crippen molar-refractivity contribution in [2.24, 2.45) is 16.5 Å². The number of pyridine rings is 1. The van der Waals surface area contributed by atoms with Crippen molar-refractivity contribution in [1.82, 2.24) is 10.3 Å². The number of aliphatic carboxylic acids is 2. The number of benzene rings is 1. The predicted molar refractivity (Wildman–Crippen MR) is 117 cm³/mol. The fourth-order valence-corrected chi connectivity index (χ4v) is 3.00. The molecule has 0 aliphatic heterocycles. The normalized spacial score (nSPS) is 11.3. The fraction of sp³-hybridized carbons (Fsp3) is 0.235. The maximum atomic E-state index is 12.2. The zero-order valence-corrected chi connectivity index (χ0v) is 20.0. The van der Waals surface area contributed by atoms with Crippen LogP contribution in [0.4, 0.5) is 32.2 Å². The summed E-state index contributed by atoms with van der Waals surface area (Å²) in [6, 6.07) is 3.94. The Balaban J connectivity index is 0.000000804. The van der Waals surface area contributed by atoms with Crippen LogP contribution in [0.25, 0.3) is 10.8 Å². The predicted octanol–water partition coefficient (Wildman–Crippen LogP) is 1.51. The number of carboxylic acid groups (broad SMARTS) is 2. The zero-order valence-electron chi connectivity index (χ0n) is 18.5. The minimum atomic E-state index is -5.08. The molecule has 212 valence electrons. The van der Waals surface area contributed by atoms with E-state index >= 15 is 0 Å². The minimum absolute atomic E-state index is 0.0907. The van der Waals surface area contributed by atoms with Gasteiger partial charge < -0.3 is 31.2 Å². The second-order valence-electron chi connectivity index (χ2n) is 6.22. The molecule has 0 amide bonds. The first-order chi connectivity index (χ1) is 17.1. The molecular formula is C17H16ClF6N5O8S. The van der Waals surface area contributed by atoms with Crippen molar-refractivity contribution in [3.05, 3.63) is 29.4 Å². The second kappa shape index (κ2) is 13.6. The van der Waals surface area contributed by atoms with Gasteiger partial charge in [0.2, 0.25) is 0 Å². The molecule has 0 radical (unpaired) electrons. The maximum absolute atomic E-state index is 12.2. The molecule has 0 aliphatic rings. The van der Waals surface area contributed by atoms with Crippen LogP contribution in [0.1, 0.15) is 0 Å². The summed E-state index contributed by atoms with van der Waals surface area (Å²) in [5.41, 5.74) is 10.7. The highest BCUT2D eigenvalue weighted by atomic mass is 35.5. The number of hydrogen-bond donors (Lipinski definition) is 5. The highest BCUT2D eigenvalue weighted by Crippen LogP contribution is 2.31. The molecule has 2 aromatic rings. The molecular weight excluding hydrogens is 584 g/mol. The van der Waals surface area contributed by atoms with Crippen molar-refractivity contribution in [1.29, 1.82) is 0 Å². The first-order valence-corrected chi connectivity index (χ1v) is 10.8. The summed E-state index contributed by atoms with van der Waals surface area (Å²) < 4.78 is 92.3.